The second-order valence-electron chi connectivity index (χ2n) is 1.69. The largest absolute Gasteiger partial charge is 1.00 e. The predicted molar refractivity (Wildman–Crippen MR) is 26.2 cm³/mol. The first-order valence-corrected chi connectivity index (χ1v) is 6.20. The molecule has 0 amide bonds. The van der Waals surface area contributed by atoms with Crippen LogP contribution in [0.5, 0.6) is 0 Å². The molecule has 0 saturated heterocycles. The van der Waals surface area contributed by atoms with Gasteiger partial charge in [-0.25, -0.2) is 0 Å². The summed E-state index contributed by atoms with van der Waals surface area (Å²) in [5.74, 6) is 0. The van der Waals surface area contributed by atoms with Crippen LogP contribution >= 0.6 is 0 Å². The third-order valence-corrected chi connectivity index (χ3v) is 2.60. The molecular weight excluding hydrogens is 217 g/mol. The van der Waals surface area contributed by atoms with E-state index in [1.165, 1.54) is 0 Å². The van der Waals surface area contributed by atoms with E-state index >= 15 is 0 Å². The van der Waals surface area contributed by atoms with E-state index in [2.05, 4.69) is 0 Å². The summed E-state index contributed by atoms with van der Waals surface area (Å²) in [5.41, 5.74) is 0. The van der Waals surface area contributed by atoms with Crippen molar-refractivity contribution >= 4 is 14.2 Å². The van der Waals surface area contributed by atoms with Gasteiger partial charge in [-0.2, -0.15) is 0 Å². The molecule has 10 heavy (non-hydrogen) atoms. The van der Waals surface area contributed by atoms with Crippen molar-refractivity contribution in [1.82, 2.24) is 0 Å². The Kier molecular flexibility index (Phi) is 17.0. The molecule has 6 heteroatoms. The molecule has 0 unspecified atom stereocenters. The van der Waals surface area contributed by atoms with E-state index < -0.39 is 14.2 Å². The van der Waals surface area contributed by atoms with Gasteiger partial charge in [-0.3, -0.25) is 0 Å². The molecule has 50 valence electrons. The van der Waals surface area contributed by atoms with Crippen LogP contribution in [-0.2, 0) is 3.74 Å². The predicted octanol–water partition coefficient (Wildman–Crippen LogP) is -7.12. The van der Waals surface area contributed by atoms with Crippen LogP contribution in [0.2, 0.25) is 5.21 Å². The molecule has 0 spiro atoms. The second-order valence-corrected chi connectivity index (χ2v) is 5.19. The molecule has 0 rings (SSSR count). The Hall–Kier alpha value is 2.28. The second kappa shape index (κ2) is 9.37. The van der Waals surface area contributed by atoms with Crippen molar-refractivity contribution in [3.63, 3.8) is 0 Å². The summed E-state index contributed by atoms with van der Waals surface area (Å²) in [6.45, 7) is 1.85. The van der Waals surface area contributed by atoms with Crippen LogP contribution in [0.1, 0.15) is 19.8 Å². The first-order chi connectivity index (χ1) is 3.56. The minimum Gasteiger partial charge on any atom is 1.00 e. The van der Waals surface area contributed by atoms with E-state index in [0.29, 0.717) is 6.42 Å². The molecule has 0 aromatic heterocycles. The molecule has 0 aliphatic heterocycles. The molecule has 0 heterocycles. The molecule has 0 atom stereocenters. The zero-order chi connectivity index (χ0) is 6.62. The first-order valence-electron chi connectivity index (χ1n) is 2.57. The average Bonchev–Trinajstić information content (AvgIpc) is 1.59. The fourth-order valence-corrected chi connectivity index (χ4v) is 1.83. The summed E-state index contributed by atoms with van der Waals surface area (Å²) in [7, 11) is 0. The van der Waals surface area contributed by atoms with Crippen LogP contribution in [0.4, 0.5) is 0 Å². The smallest absolute Gasteiger partial charge is 1.00 e. The summed E-state index contributed by atoms with van der Waals surface area (Å²) >= 11 is -4.72. The molecule has 0 N–H and O–H groups in total. The number of hydrogen-bond donors (Lipinski definition) is 0. The quantitative estimate of drug-likeness (QED) is 0.449. The third-order valence-electron chi connectivity index (χ3n) is 0.786. The van der Waals surface area contributed by atoms with Crippen molar-refractivity contribution in [2.75, 3.05) is 0 Å². The molecule has 0 bridgehead atoms. The van der Waals surface area contributed by atoms with Gasteiger partial charge in [0.2, 0.25) is 0 Å². The van der Waals surface area contributed by atoms with E-state index in [4.69, 9.17) is 0 Å². The van der Waals surface area contributed by atoms with Crippen molar-refractivity contribution in [3.05, 3.63) is 0 Å². The Morgan fingerprint density at radius 1 is 1.30 bits per heavy atom. The summed E-state index contributed by atoms with van der Waals surface area (Å²) < 4.78 is 29.8. The summed E-state index contributed by atoms with van der Waals surface area (Å²) in [6, 6.07) is 0. The minimum absolute atomic E-state index is 0. The maximum Gasteiger partial charge on any atom is 1.00 e. The number of rotatable bonds is 3. The van der Waals surface area contributed by atoms with E-state index in [9.17, 15) is 11.9 Å². The van der Waals surface area contributed by atoms with Crippen LogP contribution < -0.4 is 67.3 Å². The zero-order valence-electron chi connectivity index (χ0n) is 6.79. The van der Waals surface area contributed by atoms with E-state index in [1.807, 2.05) is 6.92 Å². The topological polar surface area (TPSA) is 63.2 Å². The van der Waals surface area contributed by atoms with Gasteiger partial charge in [0.25, 0.3) is 0 Å². The molecule has 0 aliphatic carbocycles. The van der Waals surface area contributed by atoms with Crippen LogP contribution in [-0.4, -0.2) is 14.2 Å². The van der Waals surface area contributed by atoms with Gasteiger partial charge >= 0.3 is 110 Å². The zero-order valence-corrected chi connectivity index (χ0v) is 12.7. The van der Waals surface area contributed by atoms with E-state index in [1.54, 1.807) is 0 Å². The van der Waals surface area contributed by atoms with Crippen molar-refractivity contribution < 1.29 is 71.0 Å². The molecule has 0 radical (unpaired) electrons. The fraction of sp³-hybridized carbons (Fsp3) is 1.00. The van der Waals surface area contributed by atoms with Crippen LogP contribution in [0.25, 0.3) is 0 Å². The Balaban J connectivity index is -0.000000245. The standard InChI is InChI=1S/C4H11AsO3.2Na/c1-2-3-4-5(6,7)8;;/h2-4H2,1H3,(H2,6,7,8);;/q;2*+1/p-2. The Morgan fingerprint density at radius 3 is 1.80 bits per heavy atom. The average molecular weight is 226 g/mol. The van der Waals surface area contributed by atoms with E-state index in [0.717, 1.165) is 6.42 Å². The molecule has 0 saturated carbocycles. The normalized spacial score (nSPS) is 9.50. The molecule has 3 nitrogen and oxygen atoms in total. The van der Waals surface area contributed by atoms with Gasteiger partial charge < -0.3 is 0 Å². The van der Waals surface area contributed by atoms with Crippen molar-refractivity contribution in [2.24, 2.45) is 0 Å². The Bertz CT molecular complexity index is 103. The summed E-state index contributed by atoms with van der Waals surface area (Å²) in [4.78, 5) is 0. The Morgan fingerprint density at radius 2 is 1.70 bits per heavy atom. The Labute approximate surface area is 109 Å². The van der Waals surface area contributed by atoms with Crippen molar-refractivity contribution in [2.45, 2.75) is 25.0 Å². The molecule has 0 fully saturated rings. The third kappa shape index (κ3) is 16.7. The van der Waals surface area contributed by atoms with Gasteiger partial charge in [-0.1, -0.05) is 0 Å². The fourth-order valence-electron chi connectivity index (χ4n) is 0.352. The molecule has 0 aromatic rings. The molecular formula is C4H9AsNa2O3. The van der Waals surface area contributed by atoms with Gasteiger partial charge in [0.1, 0.15) is 0 Å². The van der Waals surface area contributed by atoms with Crippen LogP contribution in [0.3, 0.4) is 0 Å². The maximum atomic E-state index is 9.92. The van der Waals surface area contributed by atoms with Gasteiger partial charge in [-0.05, 0) is 0 Å². The van der Waals surface area contributed by atoms with Crippen molar-refractivity contribution in [3.8, 4) is 0 Å². The van der Waals surface area contributed by atoms with Crippen molar-refractivity contribution in [1.29, 1.82) is 0 Å². The summed E-state index contributed by atoms with van der Waals surface area (Å²) in [5, 5.41) is -0.130. The van der Waals surface area contributed by atoms with Gasteiger partial charge in [0.05, 0.1) is 0 Å². The molecule has 0 aromatic carbocycles. The SMILES string of the molecule is CCCC[As](=O)([O-])[O-].[Na+].[Na+]. The maximum absolute atomic E-state index is 9.92. The number of unbranched alkanes of at least 4 members (excludes halogenated alkanes) is 1. The minimum atomic E-state index is -4.72. The molecule has 0 aliphatic rings. The van der Waals surface area contributed by atoms with E-state index in [-0.39, 0.29) is 64.3 Å². The van der Waals surface area contributed by atoms with Gasteiger partial charge in [0.15, 0.2) is 0 Å². The van der Waals surface area contributed by atoms with Gasteiger partial charge in [0, 0.05) is 0 Å². The van der Waals surface area contributed by atoms with Gasteiger partial charge in [-0.15, -0.1) is 0 Å². The van der Waals surface area contributed by atoms with Crippen LogP contribution in [0.15, 0.2) is 0 Å². The number of hydrogen-bond acceptors (Lipinski definition) is 3. The first kappa shape index (κ1) is 18.1. The summed E-state index contributed by atoms with van der Waals surface area (Å²) in [6.07, 6.45) is 1.29. The monoisotopic (exact) mass is 226 g/mol. The van der Waals surface area contributed by atoms with Crippen LogP contribution in [0, 0.1) is 0 Å².